The van der Waals surface area contributed by atoms with Crippen molar-refractivity contribution in [2.45, 2.75) is 18.7 Å². The predicted molar refractivity (Wildman–Crippen MR) is 40.4 cm³/mol. The summed E-state index contributed by atoms with van der Waals surface area (Å²) >= 11 is 0. The molecule has 2 nitrogen and oxygen atoms in total. The summed E-state index contributed by atoms with van der Waals surface area (Å²) in [5.74, 6) is 0. The first-order valence-electron chi connectivity index (χ1n) is 3.20. The fourth-order valence-corrected chi connectivity index (χ4v) is 1.03. The highest BCUT2D eigenvalue weighted by molar-refractivity contribution is 5.85. The van der Waals surface area contributed by atoms with Crippen molar-refractivity contribution in [1.29, 1.82) is 0 Å². The van der Waals surface area contributed by atoms with Gasteiger partial charge in [-0.05, 0) is 0 Å². The second-order valence-electron chi connectivity index (χ2n) is 2.35. The number of piperidine rings is 1. The number of ether oxygens (including phenoxy) is 1. The molecule has 0 unspecified atom stereocenters. The molecule has 0 radical (unpaired) electrons. The summed E-state index contributed by atoms with van der Waals surface area (Å²) in [4.78, 5) is 0. The Morgan fingerprint density at radius 3 is 2.60 bits per heavy atom. The standard InChI is InChI=1S/C6H12FNO.ClH/c1-9-6-2-5(7)3-8-4-6;/h5-6,8H,2-4H2,1H3;1H/t5-,6+;/m1./s1. The molecule has 1 N–H and O–H groups in total. The second-order valence-corrected chi connectivity index (χ2v) is 2.35. The minimum Gasteiger partial charge on any atom is -0.380 e. The van der Waals surface area contributed by atoms with Crippen LogP contribution in [0.25, 0.3) is 0 Å². The molecular weight excluding hydrogens is 157 g/mol. The highest BCUT2D eigenvalue weighted by Crippen LogP contribution is 2.08. The van der Waals surface area contributed by atoms with Gasteiger partial charge >= 0.3 is 0 Å². The zero-order valence-electron chi connectivity index (χ0n) is 5.97. The van der Waals surface area contributed by atoms with Crippen molar-refractivity contribution < 1.29 is 9.13 Å². The lowest BCUT2D eigenvalue weighted by Gasteiger charge is -2.23. The van der Waals surface area contributed by atoms with Gasteiger partial charge in [-0.1, -0.05) is 0 Å². The lowest BCUT2D eigenvalue weighted by molar-refractivity contribution is 0.0514. The van der Waals surface area contributed by atoms with Crippen molar-refractivity contribution in [2.24, 2.45) is 0 Å². The van der Waals surface area contributed by atoms with E-state index < -0.39 is 6.17 Å². The van der Waals surface area contributed by atoms with Gasteiger partial charge in [0, 0.05) is 26.6 Å². The Hall–Kier alpha value is 0.140. The summed E-state index contributed by atoms with van der Waals surface area (Å²) in [7, 11) is 1.62. The first-order chi connectivity index (χ1) is 4.33. The van der Waals surface area contributed by atoms with Gasteiger partial charge in [-0.15, -0.1) is 12.4 Å². The second kappa shape index (κ2) is 4.88. The zero-order chi connectivity index (χ0) is 6.69. The van der Waals surface area contributed by atoms with E-state index in [1.54, 1.807) is 7.11 Å². The first-order valence-corrected chi connectivity index (χ1v) is 3.20. The summed E-state index contributed by atoms with van der Waals surface area (Å²) in [6, 6.07) is 0. The number of rotatable bonds is 1. The van der Waals surface area contributed by atoms with Gasteiger partial charge < -0.3 is 10.1 Å². The van der Waals surface area contributed by atoms with Crippen LogP contribution < -0.4 is 5.32 Å². The van der Waals surface area contributed by atoms with Crippen molar-refractivity contribution in [3.05, 3.63) is 0 Å². The Kier molecular flexibility index (Phi) is 4.95. The molecule has 1 aliphatic heterocycles. The fourth-order valence-electron chi connectivity index (χ4n) is 1.03. The van der Waals surface area contributed by atoms with E-state index in [0.717, 1.165) is 6.54 Å². The molecule has 0 amide bonds. The van der Waals surface area contributed by atoms with Gasteiger partial charge in [-0.25, -0.2) is 4.39 Å². The minimum absolute atomic E-state index is 0. The van der Waals surface area contributed by atoms with E-state index in [0.29, 0.717) is 13.0 Å². The average molecular weight is 170 g/mol. The third-order valence-corrected chi connectivity index (χ3v) is 1.59. The van der Waals surface area contributed by atoms with Crippen molar-refractivity contribution in [3.8, 4) is 0 Å². The minimum atomic E-state index is -0.719. The molecule has 1 fully saturated rings. The summed E-state index contributed by atoms with van der Waals surface area (Å²) in [6.45, 7) is 1.27. The molecule has 0 bridgehead atoms. The maximum Gasteiger partial charge on any atom is 0.115 e. The summed E-state index contributed by atoms with van der Waals surface area (Å²) < 4.78 is 17.4. The Bertz CT molecular complexity index is 93.8. The van der Waals surface area contributed by atoms with Crippen molar-refractivity contribution >= 4 is 12.4 Å². The molecule has 1 rings (SSSR count). The van der Waals surface area contributed by atoms with E-state index in [1.807, 2.05) is 0 Å². The third-order valence-electron chi connectivity index (χ3n) is 1.59. The highest BCUT2D eigenvalue weighted by atomic mass is 35.5. The van der Waals surface area contributed by atoms with Crippen molar-refractivity contribution in [2.75, 3.05) is 20.2 Å². The SMILES string of the molecule is CO[C@@H]1CNC[C@H](F)C1.Cl. The quantitative estimate of drug-likeness (QED) is 0.626. The van der Waals surface area contributed by atoms with E-state index >= 15 is 0 Å². The Morgan fingerprint density at radius 2 is 2.20 bits per heavy atom. The molecule has 2 atom stereocenters. The molecule has 1 aliphatic rings. The Morgan fingerprint density at radius 1 is 1.50 bits per heavy atom. The van der Waals surface area contributed by atoms with Crippen LogP contribution >= 0.6 is 12.4 Å². The van der Waals surface area contributed by atoms with Gasteiger partial charge in [-0.2, -0.15) is 0 Å². The maximum atomic E-state index is 12.5. The van der Waals surface area contributed by atoms with E-state index in [9.17, 15) is 4.39 Å². The third kappa shape index (κ3) is 2.82. The Labute approximate surface area is 66.5 Å². The number of hydrogen-bond acceptors (Lipinski definition) is 2. The molecule has 0 aromatic heterocycles. The van der Waals surface area contributed by atoms with E-state index in [2.05, 4.69) is 5.32 Å². The number of halogens is 2. The summed E-state index contributed by atoms with van der Waals surface area (Å²) in [6.07, 6.45) is -0.0961. The normalized spacial score (nSPS) is 33.0. The predicted octanol–water partition coefficient (Wildman–Crippen LogP) is 0.755. The average Bonchev–Trinajstić information content (AvgIpc) is 1.88. The molecule has 1 heterocycles. The monoisotopic (exact) mass is 169 g/mol. The maximum absolute atomic E-state index is 12.5. The molecular formula is C6H13ClFNO. The molecule has 0 aromatic rings. The van der Waals surface area contributed by atoms with Gasteiger partial charge in [0.2, 0.25) is 0 Å². The number of hydrogen-bond donors (Lipinski definition) is 1. The molecule has 0 aliphatic carbocycles. The van der Waals surface area contributed by atoms with Crippen LogP contribution in [0.15, 0.2) is 0 Å². The van der Waals surface area contributed by atoms with Crippen molar-refractivity contribution in [3.63, 3.8) is 0 Å². The molecule has 4 heteroatoms. The highest BCUT2D eigenvalue weighted by Gasteiger charge is 2.19. The lowest BCUT2D eigenvalue weighted by atomic mass is 10.1. The molecule has 10 heavy (non-hydrogen) atoms. The largest absolute Gasteiger partial charge is 0.380 e. The lowest BCUT2D eigenvalue weighted by Crippen LogP contribution is -2.41. The Balaban J connectivity index is 0.000000810. The summed E-state index contributed by atoms with van der Waals surface area (Å²) in [5.41, 5.74) is 0. The van der Waals surface area contributed by atoms with Gasteiger partial charge in [0.05, 0.1) is 6.10 Å². The van der Waals surface area contributed by atoms with Gasteiger partial charge in [0.25, 0.3) is 0 Å². The molecule has 1 saturated heterocycles. The van der Waals surface area contributed by atoms with E-state index in [-0.39, 0.29) is 18.5 Å². The van der Waals surface area contributed by atoms with Crippen LogP contribution in [-0.2, 0) is 4.74 Å². The topological polar surface area (TPSA) is 21.3 Å². The van der Waals surface area contributed by atoms with Crippen LogP contribution in [-0.4, -0.2) is 32.5 Å². The fraction of sp³-hybridized carbons (Fsp3) is 1.00. The number of alkyl halides is 1. The number of methoxy groups -OCH3 is 1. The van der Waals surface area contributed by atoms with Crippen LogP contribution in [0.2, 0.25) is 0 Å². The molecule has 62 valence electrons. The zero-order valence-corrected chi connectivity index (χ0v) is 6.79. The van der Waals surface area contributed by atoms with Gasteiger partial charge in [-0.3, -0.25) is 0 Å². The molecule has 0 aromatic carbocycles. The van der Waals surface area contributed by atoms with Crippen LogP contribution in [0.5, 0.6) is 0 Å². The summed E-state index contributed by atoms with van der Waals surface area (Å²) in [5, 5.41) is 2.94. The van der Waals surface area contributed by atoms with Crippen LogP contribution in [0.1, 0.15) is 6.42 Å². The van der Waals surface area contributed by atoms with Gasteiger partial charge in [0.1, 0.15) is 6.17 Å². The van der Waals surface area contributed by atoms with E-state index in [4.69, 9.17) is 4.74 Å². The smallest absolute Gasteiger partial charge is 0.115 e. The molecule has 0 saturated carbocycles. The van der Waals surface area contributed by atoms with Crippen LogP contribution in [0, 0.1) is 0 Å². The van der Waals surface area contributed by atoms with Crippen LogP contribution in [0.4, 0.5) is 4.39 Å². The van der Waals surface area contributed by atoms with Crippen LogP contribution in [0.3, 0.4) is 0 Å². The van der Waals surface area contributed by atoms with E-state index in [1.165, 1.54) is 0 Å². The first kappa shape index (κ1) is 10.1. The number of nitrogens with one attached hydrogen (secondary N) is 1. The molecule has 0 spiro atoms. The van der Waals surface area contributed by atoms with Crippen molar-refractivity contribution in [1.82, 2.24) is 5.32 Å². The van der Waals surface area contributed by atoms with Gasteiger partial charge in [0.15, 0.2) is 0 Å².